The van der Waals surface area contributed by atoms with E-state index < -0.39 is 0 Å². The van der Waals surface area contributed by atoms with E-state index in [2.05, 4.69) is 0 Å². The second-order valence-corrected chi connectivity index (χ2v) is 7.04. The smallest absolute Gasteiger partial charge is 0.261 e. The van der Waals surface area contributed by atoms with Crippen LogP contribution >= 0.6 is 11.8 Å². The average molecular weight is 303 g/mol. The average Bonchev–Trinajstić information content (AvgIpc) is 2.72. The molecule has 0 radical (unpaired) electrons. The molecule has 1 saturated carbocycles. The Morgan fingerprint density at radius 3 is 2.05 bits per heavy atom. The van der Waals surface area contributed by atoms with Gasteiger partial charge in [0.05, 0.1) is 11.1 Å². The first-order valence-corrected chi connectivity index (χ1v) is 8.10. The topological polar surface area (TPSA) is 54.5 Å². The maximum atomic E-state index is 12.4. The largest absolute Gasteiger partial charge is 0.288 e. The summed E-state index contributed by atoms with van der Waals surface area (Å²) in [5.74, 6) is -0.337. The zero-order valence-electron chi connectivity index (χ0n) is 11.9. The number of carbonyl (C=O) groups is 3. The van der Waals surface area contributed by atoms with Crippen LogP contribution in [0, 0.1) is 0 Å². The van der Waals surface area contributed by atoms with Crippen molar-refractivity contribution in [3.05, 3.63) is 35.4 Å². The second-order valence-electron chi connectivity index (χ2n) is 5.57. The summed E-state index contributed by atoms with van der Waals surface area (Å²) in [6, 6.07) is 6.97. The molecule has 1 heterocycles. The van der Waals surface area contributed by atoms with E-state index >= 15 is 0 Å². The van der Waals surface area contributed by atoms with E-state index in [1.54, 1.807) is 31.2 Å². The highest BCUT2D eigenvalue weighted by molar-refractivity contribution is 8.14. The van der Waals surface area contributed by atoms with Crippen molar-refractivity contribution >= 4 is 28.7 Å². The van der Waals surface area contributed by atoms with Crippen LogP contribution in [0.5, 0.6) is 0 Å². The van der Waals surface area contributed by atoms with Crippen LogP contribution in [0.15, 0.2) is 24.3 Å². The number of benzene rings is 1. The number of hydrogen-bond donors (Lipinski definition) is 0. The fourth-order valence-corrected chi connectivity index (χ4v) is 4.17. The molecule has 5 heteroatoms. The van der Waals surface area contributed by atoms with E-state index in [-0.39, 0.29) is 23.0 Å². The summed E-state index contributed by atoms with van der Waals surface area (Å²) < 4.78 is 0. The molecule has 3 rings (SSSR count). The van der Waals surface area contributed by atoms with Crippen molar-refractivity contribution in [1.82, 2.24) is 4.90 Å². The van der Waals surface area contributed by atoms with Gasteiger partial charge in [0, 0.05) is 18.2 Å². The highest BCUT2D eigenvalue weighted by Gasteiger charge is 2.40. The number of nitrogens with zero attached hydrogens (tertiary/aromatic N) is 1. The number of carbonyl (C=O) groups excluding carboxylic acids is 3. The van der Waals surface area contributed by atoms with Crippen LogP contribution in [0.3, 0.4) is 0 Å². The van der Waals surface area contributed by atoms with Crippen molar-refractivity contribution in [2.24, 2.45) is 0 Å². The summed E-state index contributed by atoms with van der Waals surface area (Å²) in [7, 11) is 0. The Hall–Kier alpha value is -1.62. The van der Waals surface area contributed by atoms with Crippen LogP contribution < -0.4 is 0 Å². The van der Waals surface area contributed by atoms with Crippen molar-refractivity contribution in [1.29, 1.82) is 0 Å². The van der Waals surface area contributed by atoms with Crippen LogP contribution in [-0.2, 0) is 4.79 Å². The summed E-state index contributed by atoms with van der Waals surface area (Å²) in [6.45, 7) is 1.58. The molecule has 0 atom stereocenters. The van der Waals surface area contributed by atoms with Gasteiger partial charge in [0.2, 0.25) is 0 Å². The lowest BCUT2D eigenvalue weighted by Crippen LogP contribution is -2.42. The number of hydrogen-bond acceptors (Lipinski definition) is 4. The molecule has 0 spiro atoms. The molecule has 0 saturated heterocycles. The van der Waals surface area contributed by atoms with Gasteiger partial charge in [0.25, 0.3) is 11.8 Å². The van der Waals surface area contributed by atoms with Crippen molar-refractivity contribution in [2.75, 3.05) is 0 Å². The molecule has 110 valence electrons. The molecule has 2 amide bonds. The number of amides is 2. The van der Waals surface area contributed by atoms with Gasteiger partial charge in [-0.1, -0.05) is 23.9 Å². The normalized spacial score (nSPS) is 25.1. The third-order valence-electron chi connectivity index (χ3n) is 4.17. The molecular formula is C16H17NO3S. The van der Waals surface area contributed by atoms with Crippen molar-refractivity contribution < 1.29 is 14.4 Å². The molecule has 0 bridgehead atoms. The molecule has 1 aromatic carbocycles. The zero-order valence-corrected chi connectivity index (χ0v) is 12.7. The van der Waals surface area contributed by atoms with Crippen molar-refractivity contribution in [3.8, 4) is 0 Å². The van der Waals surface area contributed by atoms with Gasteiger partial charge in [-0.05, 0) is 37.8 Å². The molecule has 4 nitrogen and oxygen atoms in total. The molecule has 1 fully saturated rings. The Morgan fingerprint density at radius 2 is 1.57 bits per heavy atom. The van der Waals surface area contributed by atoms with Gasteiger partial charge in [0.15, 0.2) is 5.12 Å². The predicted molar refractivity (Wildman–Crippen MR) is 81.3 cm³/mol. The van der Waals surface area contributed by atoms with E-state index in [0.29, 0.717) is 16.4 Å². The van der Waals surface area contributed by atoms with Gasteiger partial charge in [-0.2, -0.15) is 0 Å². The Balaban J connectivity index is 1.71. The van der Waals surface area contributed by atoms with Crippen LogP contribution in [0.2, 0.25) is 0 Å². The molecule has 0 N–H and O–H groups in total. The highest BCUT2D eigenvalue weighted by Crippen LogP contribution is 2.34. The minimum atomic E-state index is -0.168. The summed E-state index contributed by atoms with van der Waals surface area (Å²) in [5, 5.41) is 0.466. The molecule has 1 aliphatic carbocycles. The lowest BCUT2D eigenvalue weighted by atomic mass is 9.94. The highest BCUT2D eigenvalue weighted by atomic mass is 32.2. The molecule has 1 aromatic rings. The Bertz CT molecular complexity index is 570. The molecular weight excluding hydrogens is 286 g/mol. The van der Waals surface area contributed by atoms with Crippen LogP contribution in [-0.4, -0.2) is 33.1 Å². The van der Waals surface area contributed by atoms with E-state index in [4.69, 9.17) is 0 Å². The first-order valence-electron chi connectivity index (χ1n) is 7.22. The van der Waals surface area contributed by atoms with Crippen molar-refractivity contribution in [2.45, 2.75) is 43.9 Å². The maximum absolute atomic E-state index is 12.4. The van der Waals surface area contributed by atoms with E-state index in [1.165, 1.54) is 16.7 Å². The van der Waals surface area contributed by atoms with Crippen LogP contribution in [0.25, 0.3) is 0 Å². The van der Waals surface area contributed by atoms with Crippen molar-refractivity contribution in [3.63, 3.8) is 0 Å². The Labute approximate surface area is 127 Å². The molecule has 0 aromatic heterocycles. The third kappa shape index (κ3) is 2.62. The Kier molecular flexibility index (Phi) is 3.85. The molecule has 2 aliphatic rings. The zero-order chi connectivity index (χ0) is 15.0. The van der Waals surface area contributed by atoms with Gasteiger partial charge in [-0.25, -0.2) is 0 Å². The van der Waals surface area contributed by atoms with Crippen LogP contribution in [0.4, 0.5) is 0 Å². The predicted octanol–water partition coefficient (Wildman–Crippen LogP) is 2.87. The van der Waals surface area contributed by atoms with Gasteiger partial charge >= 0.3 is 0 Å². The van der Waals surface area contributed by atoms with E-state index in [1.807, 2.05) is 0 Å². The first-order chi connectivity index (χ1) is 10.1. The minimum absolute atomic E-state index is 0.0267. The SMILES string of the molecule is CC(=O)S[C@H]1CC[C@@H](N2C(=O)c3ccccc3C2=O)CC1. The summed E-state index contributed by atoms with van der Waals surface area (Å²) >= 11 is 1.38. The number of fused-ring (bicyclic) bond motifs is 1. The lowest BCUT2D eigenvalue weighted by molar-refractivity contribution is -0.109. The number of thioether (sulfide) groups is 1. The second kappa shape index (κ2) is 5.64. The fourth-order valence-electron chi connectivity index (χ4n) is 3.20. The van der Waals surface area contributed by atoms with Gasteiger partial charge in [-0.3, -0.25) is 19.3 Å². The van der Waals surface area contributed by atoms with Crippen LogP contribution in [0.1, 0.15) is 53.3 Å². The fraction of sp³-hybridized carbons (Fsp3) is 0.438. The first kappa shape index (κ1) is 14.3. The number of rotatable bonds is 2. The van der Waals surface area contributed by atoms with Gasteiger partial charge in [0.1, 0.15) is 0 Å². The monoisotopic (exact) mass is 303 g/mol. The standard InChI is InChI=1S/C16H17NO3S/c1-10(18)21-12-8-6-11(7-9-12)17-15(19)13-4-2-3-5-14(13)16(17)20/h2-5,11-12H,6-9H2,1H3/t11-,12+. The third-order valence-corrected chi connectivity index (χ3v) is 5.30. The van der Waals surface area contributed by atoms with Gasteiger partial charge < -0.3 is 0 Å². The maximum Gasteiger partial charge on any atom is 0.261 e. The summed E-state index contributed by atoms with van der Waals surface area (Å²) in [5.41, 5.74) is 1.03. The summed E-state index contributed by atoms with van der Waals surface area (Å²) in [4.78, 5) is 37.4. The quantitative estimate of drug-likeness (QED) is 0.788. The lowest BCUT2D eigenvalue weighted by Gasteiger charge is -2.32. The molecule has 1 aliphatic heterocycles. The number of imide groups is 1. The molecule has 0 unspecified atom stereocenters. The van der Waals surface area contributed by atoms with E-state index in [0.717, 1.165) is 25.7 Å². The molecule has 21 heavy (non-hydrogen) atoms. The Morgan fingerprint density at radius 1 is 1.05 bits per heavy atom. The summed E-state index contributed by atoms with van der Waals surface area (Å²) in [6.07, 6.45) is 3.33. The van der Waals surface area contributed by atoms with E-state index in [9.17, 15) is 14.4 Å². The minimum Gasteiger partial charge on any atom is -0.288 e. The van der Waals surface area contributed by atoms with Gasteiger partial charge in [-0.15, -0.1) is 0 Å².